The second-order valence-corrected chi connectivity index (χ2v) is 7.86. The van der Waals surface area contributed by atoms with E-state index in [1.807, 2.05) is 38.1 Å². The number of benzene rings is 2. The zero-order valence-corrected chi connectivity index (χ0v) is 21.3. The molecule has 0 atom stereocenters. The molecule has 0 radical (unpaired) electrons. The van der Waals surface area contributed by atoms with Gasteiger partial charge in [0.1, 0.15) is 11.5 Å². The third-order valence-electron chi connectivity index (χ3n) is 5.65. The fourth-order valence-corrected chi connectivity index (χ4v) is 3.99. The molecule has 1 N–H and O–H groups in total. The van der Waals surface area contributed by atoms with Crippen molar-refractivity contribution in [3.05, 3.63) is 29.8 Å². The zero-order chi connectivity index (χ0) is 25.2. The van der Waals surface area contributed by atoms with Crippen LogP contribution in [0.4, 0.5) is 11.4 Å². The van der Waals surface area contributed by atoms with Crippen LogP contribution in [0.15, 0.2) is 24.3 Å². The molecule has 1 aliphatic heterocycles. The van der Waals surface area contributed by atoms with Crippen LogP contribution in [0.25, 0.3) is 0 Å². The summed E-state index contributed by atoms with van der Waals surface area (Å²) >= 11 is 0. The summed E-state index contributed by atoms with van der Waals surface area (Å²) in [7, 11) is 4.70. The summed E-state index contributed by atoms with van der Waals surface area (Å²) in [4.78, 5) is 15.1. The Hall–Kier alpha value is -3.33. The summed E-state index contributed by atoms with van der Waals surface area (Å²) in [6.07, 6.45) is 0.760. The Morgan fingerprint density at radius 1 is 0.886 bits per heavy atom. The highest BCUT2D eigenvalue weighted by Crippen LogP contribution is 2.40. The summed E-state index contributed by atoms with van der Waals surface area (Å²) in [5.74, 6) is 2.81. The van der Waals surface area contributed by atoms with E-state index in [1.54, 1.807) is 21.3 Å². The van der Waals surface area contributed by atoms with Gasteiger partial charge in [-0.15, -0.1) is 0 Å². The predicted molar refractivity (Wildman–Crippen MR) is 135 cm³/mol. The predicted octanol–water partition coefficient (Wildman–Crippen LogP) is 3.92. The molecule has 0 saturated carbocycles. The first-order valence-corrected chi connectivity index (χ1v) is 11.9. The van der Waals surface area contributed by atoms with E-state index in [0.717, 1.165) is 24.3 Å². The van der Waals surface area contributed by atoms with Gasteiger partial charge in [0.15, 0.2) is 11.5 Å². The third-order valence-corrected chi connectivity index (χ3v) is 5.65. The lowest BCUT2D eigenvalue weighted by molar-refractivity contribution is -0.116. The van der Waals surface area contributed by atoms with Crippen LogP contribution in [0.2, 0.25) is 0 Å². The Balaban J connectivity index is 1.78. The van der Waals surface area contributed by atoms with Crippen molar-refractivity contribution in [2.24, 2.45) is 0 Å². The number of carbonyl (C=O) groups excluding carboxylic acids is 1. The van der Waals surface area contributed by atoms with Gasteiger partial charge in [-0.1, -0.05) is 0 Å². The van der Waals surface area contributed by atoms with Crippen molar-refractivity contribution in [2.75, 3.05) is 71.1 Å². The summed E-state index contributed by atoms with van der Waals surface area (Å²) < 4.78 is 33.5. The molecule has 2 aromatic carbocycles. The SMILES string of the molecule is CCOc1cc(N2CCOCC2)c(OCC)cc1NC(=O)CCc1cc(OC)c(OC)c(OC)c1. The molecule has 1 heterocycles. The first-order chi connectivity index (χ1) is 17.0. The van der Waals surface area contributed by atoms with E-state index in [9.17, 15) is 4.79 Å². The Kier molecular flexibility index (Phi) is 9.72. The average Bonchev–Trinajstić information content (AvgIpc) is 2.88. The third kappa shape index (κ3) is 6.63. The topological polar surface area (TPSA) is 87.7 Å². The second kappa shape index (κ2) is 12.9. The fourth-order valence-electron chi connectivity index (χ4n) is 3.99. The minimum absolute atomic E-state index is 0.138. The van der Waals surface area contributed by atoms with Crippen molar-refractivity contribution in [1.29, 1.82) is 0 Å². The van der Waals surface area contributed by atoms with E-state index in [1.165, 1.54) is 0 Å². The molecule has 3 rings (SSSR count). The van der Waals surface area contributed by atoms with Crippen molar-refractivity contribution < 1.29 is 33.2 Å². The largest absolute Gasteiger partial charge is 0.493 e. The van der Waals surface area contributed by atoms with Crippen LogP contribution in [-0.2, 0) is 16.0 Å². The maximum absolute atomic E-state index is 12.9. The standard InChI is InChI=1S/C26H36N2O7/c1-6-34-21-17-20(28-10-12-33-13-11-28)22(35-7-2)16-19(21)27-25(29)9-8-18-14-23(30-3)26(32-5)24(15-18)31-4/h14-17H,6-13H2,1-5H3,(H,27,29). The highest BCUT2D eigenvalue weighted by atomic mass is 16.5. The van der Waals surface area contributed by atoms with Gasteiger partial charge in [-0.25, -0.2) is 0 Å². The molecular formula is C26H36N2O7. The molecule has 2 aromatic rings. The van der Waals surface area contributed by atoms with Crippen LogP contribution < -0.4 is 33.9 Å². The summed E-state index contributed by atoms with van der Waals surface area (Å²) in [6, 6.07) is 7.49. The van der Waals surface area contributed by atoms with E-state index >= 15 is 0 Å². The minimum Gasteiger partial charge on any atom is -0.493 e. The molecule has 0 bridgehead atoms. The fraction of sp³-hybridized carbons (Fsp3) is 0.500. The van der Waals surface area contributed by atoms with Gasteiger partial charge in [-0.05, 0) is 38.0 Å². The van der Waals surface area contributed by atoms with Crippen LogP contribution >= 0.6 is 0 Å². The number of aryl methyl sites for hydroxylation is 1. The van der Waals surface area contributed by atoms with E-state index < -0.39 is 0 Å². The van der Waals surface area contributed by atoms with Gasteiger partial charge in [0.25, 0.3) is 0 Å². The molecule has 0 spiro atoms. The molecule has 0 unspecified atom stereocenters. The lowest BCUT2D eigenvalue weighted by atomic mass is 10.1. The Bertz CT molecular complexity index is 965. The molecule has 1 aliphatic rings. The minimum atomic E-state index is -0.138. The highest BCUT2D eigenvalue weighted by Gasteiger charge is 2.21. The lowest BCUT2D eigenvalue weighted by Gasteiger charge is -2.31. The van der Waals surface area contributed by atoms with E-state index in [2.05, 4.69) is 10.2 Å². The molecule has 192 valence electrons. The number of morpholine rings is 1. The molecule has 9 heteroatoms. The molecule has 0 aromatic heterocycles. The number of carbonyl (C=O) groups is 1. The van der Waals surface area contributed by atoms with Gasteiger partial charge in [0, 0.05) is 31.6 Å². The molecule has 1 amide bonds. The first-order valence-electron chi connectivity index (χ1n) is 11.9. The zero-order valence-electron chi connectivity index (χ0n) is 21.3. The Labute approximate surface area is 207 Å². The van der Waals surface area contributed by atoms with Crippen molar-refractivity contribution in [2.45, 2.75) is 26.7 Å². The van der Waals surface area contributed by atoms with Crippen LogP contribution in [0.5, 0.6) is 28.7 Å². The molecule has 1 fully saturated rings. The Morgan fingerprint density at radius 2 is 1.51 bits per heavy atom. The van der Waals surface area contributed by atoms with Gasteiger partial charge in [0.05, 0.1) is 59.1 Å². The van der Waals surface area contributed by atoms with Crippen LogP contribution in [0, 0.1) is 0 Å². The summed E-state index contributed by atoms with van der Waals surface area (Å²) in [6.45, 7) is 7.71. The van der Waals surface area contributed by atoms with Gasteiger partial charge in [-0.3, -0.25) is 4.79 Å². The van der Waals surface area contributed by atoms with Crippen molar-refractivity contribution in [1.82, 2.24) is 0 Å². The quantitative estimate of drug-likeness (QED) is 0.481. The number of ether oxygens (including phenoxy) is 6. The lowest BCUT2D eigenvalue weighted by Crippen LogP contribution is -2.36. The molecule has 9 nitrogen and oxygen atoms in total. The maximum atomic E-state index is 12.9. The molecular weight excluding hydrogens is 452 g/mol. The molecule has 1 saturated heterocycles. The Morgan fingerprint density at radius 3 is 2.09 bits per heavy atom. The van der Waals surface area contributed by atoms with Gasteiger partial charge in [0.2, 0.25) is 11.7 Å². The first kappa shape index (κ1) is 26.3. The monoisotopic (exact) mass is 488 g/mol. The van der Waals surface area contributed by atoms with Gasteiger partial charge < -0.3 is 38.6 Å². The smallest absolute Gasteiger partial charge is 0.224 e. The number of rotatable bonds is 12. The van der Waals surface area contributed by atoms with E-state index in [0.29, 0.717) is 67.3 Å². The normalized spacial score (nSPS) is 13.2. The van der Waals surface area contributed by atoms with Gasteiger partial charge >= 0.3 is 0 Å². The van der Waals surface area contributed by atoms with E-state index in [-0.39, 0.29) is 12.3 Å². The number of nitrogens with zero attached hydrogens (tertiary/aromatic N) is 1. The second-order valence-electron chi connectivity index (χ2n) is 7.86. The average molecular weight is 489 g/mol. The number of nitrogens with one attached hydrogen (secondary N) is 1. The van der Waals surface area contributed by atoms with Gasteiger partial charge in [-0.2, -0.15) is 0 Å². The maximum Gasteiger partial charge on any atom is 0.224 e. The van der Waals surface area contributed by atoms with Crippen LogP contribution in [0.1, 0.15) is 25.8 Å². The summed E-state index contributed by atoms with van der Waals surface area (Å²) in [5.41, 5.74) is 2.42. The van der Waals surface area contributed by atoms with Crippen LogP contribution in [0.3, 0.4) is 0 Å². The number of hydrogen-bond donors (Lipinski definition) is 1. The highest BCUT2D eigenvalue weighted by molar-refractivity contribution is 5.93. The summed E-state index contributed by atoms with van der Waals surface area (Å²) in [5, 5.41) is 3.00. The van der Waals surface area contributed by atoms with Crippen molar-refractivity contribution in [3.63, 3.8) is 0 Å². The number of anilines is 2. The van der Waals surface area contributed by atoms with Crippen LogP contribution in [-0.4, -0.2) is 66.8 Å². The number of amides is 1. The van der Waals surface area contributed by atoms with Crippen molar-refractivity contribution in [3.8, 4) is 28.7 Å². The van der Waals surface area contributed by atoms with E-state index in [4.69, 9.17) is 28.4 Å². The molecule has 35 heavy (non-hydrogen) atoms. The number of hydrogen-bond acceptors (Lipinski definition) is 8. The number of methoxy groups -OCH3 is 3. The van der Waals surface area contributed by atoms with Crippen molar-refractivity contribution >= 4 is 17.3 Å². The molecule has 0 aliphatic carbocycles.